The number of methoxy groups -OCH3 is 1. The first-order valence-corrected chi connectivity index (χ1v) is 7.03. The monoisotopic (exact) mass is 276 g/mol. The van der Waals surface area contributed by atoms with Crippen molar-refractivity contribution in [2.45, 2.75) is 19.3 Å². The van der Waals surface area contributed by atoms with Crippen LogP contribution in [0.4, 0.5) is 5.69 Å². The molecule has 3 N–H and O–H groups in total. The second-order valence-corrected chi connectivity index (χ2v) is 5.74. The van der Waals surface area contributed by atoms with E-state index in [1.165, 1.54) is 13.2 Å². The molecule has 1 heterocycles. The lowest BCUT2D eigenvalue weighted by Crippen LogP contribution is -2.31. The van der Waals surface area contributed by atoms with Crippen LogP contribution >= 0.6 is 0 Å². The maximum atomic E-state index is 12.3. The van der Waals surface area contributed by atoms with E-state index in [2.05, 4.69) is 10.6 Å². The van der Waals surface area contributed by atoms with Gasteiger partial charge in [-0.1, -0.05) is 0 Å². The zero-order chi connectivity index (χ0) is 14.2. The Morgan fingerprint density at radius 3 is 2.85 bits per heavy atom. The lowest BCUT2D eigenvalue weighted by molar-refractivity contribution is -0.118. The summed E-state index contributed by atoms with van der Waals surface area (Å²) in [5.41, 5.74) is 0.841. The molecule has 0 bridgehead atoms. The van der Waals surface area contributed by atoms with Gasteiger partial charge >= 0.3 is 0 Å². The zero-order valence-corrected chi connectivity index (χ0v) is 11.6. The highest BCUT2D eigenvalue weighted by Gasteiger charge is 2.57. The van der Waals surface area contributed by atoms with Gasteiger partial charge in [0.05, 0.1) is 7.11 Å². The largest absolute Gasteiger partial charge is 0.504 e. The highest BCUT2D eigenvalue weighted by atomic mass is 16.5. The molecule has 0 radical (unpaired) electrons. The molecule has 1 saturated carbocycles. The summed E-state index contributed by atoms with van der Waals surface area (Å²) in [6.07, 6.45) is 3.15. The van der Waals surface area contributed by atoms with E-state index in [9.17, 15) is 9.90 Å². The maximum absolute atomic E-state index is 12.3. The molecule has 0 aromatic heterocycles. The normalized spacial score (nSPS) is 23.4. The number of benzene rings is 1. The molecule has 5 nitrogen and oxygen atoms in total. The third kappa shape index (κ3) is 2.33. The van der Waals surface area contributed by atoms with Crippen molar-refractivity contribution >= 4 is 11.6 Å². The van der Waals surface area contributed by atoms with E-state index in [0.717, 1.165) is 32.4 Å². The summed E-state index contributed by atoms with van der Waals surface area (Å²) in [4.78, 5) is 12.3. The number of phenols is 1. The number of ether oxygens (including phenoxy) is 1. The lowest BCUT2D eigenvalue weighted by atomic mass is 9.92. The van der Waals surface area contributed by atoms with E-state index in [1.807, 2.05) is 0 Å². The van der Waals surface area contributed by atoms with Crippen molar-refractivity contribution in [2.75, 3.05) is 25.5 Å². The number of aromatic hydroxyl groups is 1. The second kappa shape index (κ2) is 4.98. The fourth-order valence-electron chi connectivity index (χ4n) is 3.19. The number of carbonyl (C=O) groups excluding carboxylic acids is 1. The van der Waals surface area contributed by atoms with Crippen LogP contribution < -0.4 is 15.4 Å². The molecule has 2 aliphatic rings. The summed E-state index contributed by atoms with van der Waals surface area (Å²) in [7, 11) is 1.50. The van der Waals surface area contributed by atoms with Crippen LogP contribution in [0, 0.1) is 11.3 Å². The molecular weight excluding hydrogens is 256 g/mol. The van der Waals surface area contributed by atoms with E-state index in [4.69, 9.17) is 4.74 Å². The number of carbonyl (C=O) groups is 1. The van der Waals surface area contributed by atoms with E-state index < -0.39 is 0 Å². The van der Waals surface area contributed by atoms with Gasteiger partial charge in [0.25, 0.3) is 0 Å². The summed E-state index contributed by atoms with van der Waals surface area (Å²) in [6.45, 7) is 2.01. The predicted molar refractivity (Wildman–Crippen MR) is 75.9 cm³/mol. The van der Waals surface area contributed by atoms with Gasteiger partial charge in [-0.2, -0.15) is 0 Å². The van der Waals surface area contributed by atoms with Gasteiger partial charge in [0.2, 0.25) is 5.91 Å². The molecule has 1 aliphatic heterocycles. The van der Waals surface area contributed by atoms with Crippen LogP contribution in [0.1, 0.15) is 19.3 Å². The molecule has 1 aromatic rings. The van der Waals surface area contributed by atoms with Gasteiger partial charge in [0.15, 0.2) is 11.5 Å². The highest BCUT2D eigenvalue weighted by molar-refractivity contribution is 5.95. The number of piperidine rings is 1. The predicted octanol–water partition coefficient (Wildman–Crippen LogP) is 1.73. The van der Waals surface area contributed by atoms with Crippen molar-refractivity contribution < 1.29 is 14.6 Å². The van der Waals surface area contributed by atoms with Crippen LogP contribution in [0.25, 0.3) is 0 Å². The summed E-state index contributed by atoms with van der Waals surface area (Å²) < 4.78 is 4.99. The van der Waals surface area contributed by atoms with Gasteiger partial charge in [-0.05, 0) is 49.9 Å². The van der Waals surface area contributed by atoms with Crippen LogP contribution in [-0.2, 0) is 4.79 Å². The van der Waals surface area contributed by atoms with Gasteiger partial charge in [0, 0.05) is 17.7 Å². The molecule has 1 spiro atoms. The smallest absolute Gasteiger partial charge is 0.228 e. The summed E-state index contributed by atoms with van der Waals surface area (Å²) in [6, 6.07) is 4.92. The molecule has 2 fully saturated rings. The number of rotatable bonds is 3. The van der Waals surface area contributed by atoms with Crippen molar-refractivity contribution in [1.29, 1.82) is 0 Å². The minimum absolute atomic E-state index is 0.0395. The Balaban J connectivity index is 1.64. The second-order valence-electron chi connectivity index (χ2n) is 5.74. The fourth-order valence-corrected chi connectivity index (χ4v) is 3.19. The molecule has 1 amide bonds. The first-order chi connectivity index (χ1) is 9.64. The number of amides is 1. The molecule has 5 heteroatoms. The van der Waals surface area contributed by atoms with Crippen molar-refractivity contribution in [3.05, 3.63) is 18.2 Å². The third-order valence-corrected chi connectivity index (χ3v) is 4.55. The zero-order valence-electron chi connectivity index (χ0n) is 11.6. The van der Waals surface area contributed by atoms with Gasteiger partial charge in [-0.15, -0.1) is 0 Å². The van der Waals surface area contributed by atoms with Crippen LogP contribution in [0.3, 0.4) is 0 Å². The third-order valence-electron chi connectivity index (χ3n) is 4.55. The van der Waals surface area contributed by atoms with E-state index in [1.54, 1.807) is 12.1 Å². The fraction of sp³-hybridized carbons (Fsp3) is 0.533. The van der Waals surface area contributed by atoms with Crippen LogP contribution in [0.5, 0.6) is 11.5 Å². The summed E-state index contributed by atoms with van der Waals surface area (Å²) in [5, 5.41) is 15.9. The first-order valence-electron chi connectivity index (χ1n) is 7.03. The number of phenolic OH excluding ortho intramolecular Hbond substituents is 1. The molecule has 1 aromatic carbocycles. The molecule has 108 valence electrons. The number of hydrogen-bond acceptors (Lipinski definition) is 4. The average Bonchev–Trinajstić information content (AvgIpc) is 3.13. The van der Waals surface area contributed by atoms with Gasteiger partial charge in [-0.3, -0.25) is 4.79 Å². The van der Waals surface area contributed by atoms with Crippen molar-refractivity contribution in [2.24, 2.45) is 11.3 Å². The van der Waals surface area contributed by atoms with Gasteiger partial charge in [0.1, 0.15) is 0 Å². The first kappa shape index (κ1) is 13.2. The topological polar surface area (TPSA) is 70.6 Å². The Morgan fingerprint density at radius 2 is 2.20 bits per heavy atom. The highest BCUT2D eigenvalue weighted by Crippen LogP contribution is 2.58. The van der Waals surface area contributed by atoms with E-state index in [0.29, 0.717) is 11.4 Å². The van der Waals surface area contributed by atoms with Gasteiger partial charge < -0.3 is 20.5 Å². The molecule has 20 heavy (non-hydrogen) atoms. The summed E-state index contributed by atoms with van der Waals surface area (Å²) in [5.74, 6) is 0.632. The van der Waals surface area contributed by atoms with Crippen molar-refractivity contribution in [1.82, 2.24) is 5.32 Å². The Morgan fingerprint density at radius 1 is 1.45 bits per heavy atom. The van der Waals surface area contributed by atoms with Crippen molar-refractivity contribution in [3.63, 3.8) is 0 Å². The van der Waals surface area contributed by atoms with E-state index >= 15 is 0 Å². The Labute approximate surface area is 118 Å². The van der Waals surface area contributed by atoms with Crippen molar-refractivity contribution in [3.8, 4) is 11.5 Å². The standard InChI is InChI=1S/C15H20N2O3/c1-20-13-3-2-10(8-12(13)18)17-14(19)11-9-15(11)4-6-16-7-5-15/h2-3,8,11,16,18H,4-7,9H2,1H3,(H,17,19). The summed E-state index contributed by atoms with van der Waals surface area (Å²) >= 11 is 0. The number of anilines is 1. The van der Waals surface area contributed by atoms with Crippen LogP contribution in [-0.4, -0.2) is 31.2 Å². The van der Waals surface area contributed by atoms with Crippen LogP contribution in [0.2, 0.25) is 0 Å². The Kier molecular flexibility index (Phi) is 3.30. The minimum Gasteiger partial charge on any atom is -0.504 e. The average molecular weight is 276 g/mol. The molecular formula is C15H20N2O3. The van der Waals surface area contributed by atoms with Crippen LogP contribution in [0.15, 0.2) is 18.2 Å². The number of hydrogen-bond donors (Lipinski definition) is 3. The Hall–Kier alpha value is -1.75. The molecule has 1 saturated heterocycles. The molecule has 1 atom stereocenters. The van der Waals surface area contributed by atoms with Gasteiger partial charge in [-0.25, -0.2) is 0 Å². The maximum Gasteiger partial charge on any atom is 0.228 e. The SMILES string of the molecule is COc1ccc(NC(=O)C2CC23CCNCC3)cc1O. The number of nitrogens with one attached hydrogen (secondary N) is 2. The lowest BCUT2D eigenvalue weighted by Gasteiger charge is -2.23. The van der Waals surface area contributed by atoms with E-state index in [-0.39, 0.29) is 23.0 Å². The minimum atomic E-state index is 0.0395. The Bertz CT molecular complexity index is 524. The molecule has 3 rings (SSSR count). The molecule has 1 aliphatic carbocycles. The quantitative estimate of drug-likeness (QED) is 0.786. The molecule has 1 unspecified atom stereocenters.